The third-order valence-corrected chi connectivity index (χ3v) is 3.95. The summed E-state index contributed by atoms with van der Waals surface area (Å²) >= 11 is 6.08. The third kappa shape index (κ3) is 4.25. The zero-order chi connectivity index (χ0) is 15.2. The zero-order valence-electron chi connectivity index (χ0n) is 12.4. The molecule has 114 valence electrons. The van der Waals surface area contributed by atoms with E-state index in [0.717, 1.165) is 19.3 Å². The molecule has 6 heteroatoms. The van der Waals surface area contributed by atoms with Crippen LogP contribution in [-0.2, 0) is 6.42 Å². The number of halogens is 1. The Morgan fingerprint density at radius 1 is 1.33 bits per heavy atom. The maximum Gasteiger partial charge on any atom is 0.227 e. The van der Waals surface area contributed by atoms with Gasteiger partial charge in [-0.2, -0.15) is 4.98 Å². The lowest BCUT2D eigenvalue weighted by molar-refractivity contribution is 0.313. The second-order valence-corrected chi connectivity index (χ2v) is 5.87. The molecule has 21 heavy (non-hydrogen) atoms. The van der Waals surface area contributed by atoms with Crippen LogP contribution in [0.5, 0.6) is 0 Å². The smallest absolute Gasteiger partial charge is 0.227 e. The fourth-order valence-corrected chi connectivity index (χ4v) is 2.54. The lowest BCUT2D eigenvalue weighted by Gasteiger charge is -2.18. The van der Waals surface area contributed by atoms with E-state index < -0.39 is 0 Å². The Morgan fingerprint density at radius 2 is 2.14 bits per heavy atom. The summed E-state index contributed by atoms with van der Waals surface area (Å²) in [4.78, 5) is 8.56. The van der Waals surface area contributed by atoms with Gasteiger partial charge in [-0.3, -0.25) is 4.98 Å². The Bertz CT molecular complexity index is 570. The molecule has 0 fully saturated rings. The number of nitrogens with two attached hydrogens (primary N) is 1. The van der Waals surface area contributed by atoms with Crippen molar-refractivity contribution < 1.29 is 4.52 Å². The van der Waals surface area contributed by atoms with Crippen molar-refractivity contribution in [3.63, 3.8) is 0 Å². The second-order valence-electron chi connectivity index (χ2n) is 5.47. The van der Waals surface area contributed by atoms with Crippen LogP contribution >= 0.6 is 11.6 Å². The van der Waals surface area contributed by atoms with E-state index in [0.29, 0.717) is 40.8 Å². The fraction of sp³-hybridized carbons (Fsp3) is 0.533. The van der Waals surface area contributed by atoms with Crippen molar-refractivity contribution in [1.29, 1.82) is 0 Å². The van der Waals surface area contributed by atoms with Gasteiger partial charge in [-0.25, -0.2) is 0 Å². The van der Waals surface area contributed by atoms with Crippen molar-refractivity contribution in [1.82, 2.24) is 15.1 Å². The summed E-state index contributed by atoms with van der Waals surface area (Å²) in [6, 6.07) is 3.53. The van der Waals surface area contributed by atoms with Gasteiger partial charge in [0.25, 0.3) is 0 Å². The minimum Gasteiger partial charge on any atom is -0.339 e. The molecular formula is C15H21ClN4O. The third-order valence-electron chi connectivity index (χ3n) is 3.65. The lowest BCUT2D eigenvalue weighted by Crippen LogP contribution is -2.15. The van der Waals surface area contributed by atoms with E-state index >= 15 is 0 Å². The molecule has 0 aromatic carbocycles. The van der Waals surface area contributed by atoms with Crippen molar-refractivity contribution in [2.24, 2.45) is 17.6 Å². The molecule has 1 atom stereocenters. The molecule has 1 unspecified atom stereocenters. The van der Waals surface area contributed by atoms with Crippen LogP contribution < -0.4 is 5.73 Å². The van der Waals surface area contributed by atoms with Crippen molar-refractivity contribution in [2.45, 2.75) is 33.1 Å². The number of aryl methyl sites for hydroxylation is 1. The van der Waals surface area contributed by atoms with Gasteiger partial charge in [-0.1, -0.05) is 30.6 Å². The first-order valence-corrected chi connectivity index (χ1v) is 7.63. The van der Waals surface area contributed by atoms with E-state index in [4.69, 9.17) is 21.9 Å². The van der Waals surface area contributed by atoms with Crippen LogP contribution in [0.15, 0.2) is 22.9 Å². The van der Waals surface area contributed by atoms with Gasteiger partial charge in [0.2, 0.25) is 11.7 Å². The molecule has 0 spiro atoms. The van der Waals surface area contributed by atoms with Gasteiger partial charge in [0.15, 0.2) is 0 Å². The molecule has 0 aliphatic carbocycles. The predicted octanol–water partition coefficient (Wildman–Crippen LogP) is 3.34. The summed E-state index contributed by atoms with van der Waals surface area (Å²) in [6.45, 7) is 5.14. The van der Waals surface area contributed by atoms with E-state index in [1.807, 2.05) is 0 Å². The van der Waals surface area contributed by atoms with Gasteiger partial charge >= 0.3 is 0 Å². The van der Waals surface area contributed by atoms with E-state index in [-0.39, 0.29) is 0 Å². The van der Waals surface area contributed by atoms with Crippen molar-refractivity contribution in [3.05, 3.63) is 29.2 Å². The normalized spacial score (nSPS) is 12.8. The minimum atomic E-state index is 0.440. The van der Waals surface area contributed by atoms with Crippen LogP contribution in [-0.4, -0.2) is 21.7 Å². The van der Waals surface area contributed by atoms with E-state index in [9.17, 15) is 0 Å². The number of aromatic nitrogens is 3. The summed E-state index contributed by atoms with van der Waals surface area (Å²) in [5.41, 5.74) is 6.21. The van der Waals surface area contributed by atoms with Gasteiger partial charge in [0, 0.05) is 12.6 Å². The molecule has 0 saturated carbocycles. The summed E-state index contributed by atoms with van der Waals surface area (Å²) < 4.78 is 5.29. The van der Waals surface area contributed by atoms with Gasteiger partial charge in [0.1, 0.15) is 5.69 Å². The molecule has 0 amide bonds. The van der Waals surface area contributed by atoms with Crippen LogP contribution in [0.2, 0.25) is 5.02 Å². The molecule has 0 saturated heterocycles. The molecule has 2 aromatic heterocycles. The van der Waals surface area contributed by atoms with Gasteiger partial charge in [0.05, 0.1) is 5.02 Å². The highest BCUT2D eigenvalue weighted by Crippen LogP contribution is 2.24. The highest BCUT2D eigenvalue weighted by atomic mass is 35.5. The number of rotatable bonds is 7. The number of pyridine rings is 1. The van der Waals surface area contributed by atoms with Crippen molar-refractivity contribution in [2.75, 3.05) is 6.54 Å². The molecule has 2 aromatic rings. The fourth-order valence-electron chi connectivity index (χ4n) is 2.34. The Kier molecular flexibility index (Phi) is 5.70. The van der Waals surface area contributed by atoms with E-state index in [2.05, 4.69) is 29.0 Å². The summed E-state index contributed by atoms with van der Waals surface area (Å²) in [6.07, 6.45) is 4.42. The quantitative estimate of drug-likeness (QED) is 0.848. The molecule has 2 rings (SSSR count). The predicted molar refractivity (Wildman–Crippen MR) is 82.9 cm³/mol. The summed E-state index contributed by atoms with van der Waals surface area (Å²) in [5, 5.41) is 4.48. The molecule has 0 bridgehead atoms. The van der Waals surface area contributed by atoms with Crippen LogP contribution in [0.25, 0.3) is 11.5 Å². The number of hydrogen-bond acceptors (Lipinski definition) is 5. The van der Waals surface area contributed by atoms with E-state index in [1.54, 1.807) is 18.3 Å². The monoisotopic (exact) mass is 308 g/mol. The molecular weight excluding hydrogens is 288 g/mol. The van der Waals surface area contributed by atoms with Crippen molar-refractivity contribution in [3.8, 4) is 11.5 Å². The highest BCUT2D eigenvalue weighted by molar-refractivity contribution is 6.32. The van der Waals surface area contributed by atoms with Crippen LogP contribution in [0.4, 0.5) is 0 Å². The molecule has 2 heterocycles. The Balaban J connectivity index is 2.02. The average molecular weight is 309 g/mol. The maximum absolute atomic E-state index is 6.08. The Morgan fingerprint density at radius 3 is 2.81 bits per heavy atom. The Hall–Kier alpha value is -1.46. The SMILES string of the molecule is CC(C)C(CCN)CCc1nc(-c2ncccc2Cl)no1. The molecule has 0 radical (unpaired) electrons. The molecule has 2 N–H and O–H groups in total. The first kappa shape index (κ1) is 15.9. The van der Waals surface area contributed by atoms with E-state index in [1.165, 1.54) is 0 Å². The van der Waals surface area contributed by atoms with Gasteiger partial charge in [-0.05, 0) is 43.4 Å². The summed E-state index contributed by atoms with van der Waals surface area (Å²) in [5.74, 6) is 2.23. The van der Waals surface area contributed by atoms with Crippen molar-refractivity contribution >= 4 is 11.6 Å². The zero-order valence-corrected chi connectivity index (χ0v) is 13.2. The first-order chi connectivity index (χ1) is 10.1. The number of nitrogens with zero attached hydrogens (tertiary/aromatic N) is 3. The van der Waals surface area contributed by atoms with Crippen LogP contribution in [0, 0.1) is 11.8 Å². The van der Waals surface area contributed by atoms with Crippen LogP contribution in [0.1, 0.15) is 32.6 Å². The number of hydrogen-bond donors (Lipinski definition) is 1. The largest absolute Gasteiger partial charge is 0.339 e. The molecule has 0 aliphatic heterocycles. The van der Waals surface area contributed by atoms with Crippen LogP contribution in [0.3, 0.4) is 0 Å². The lowest BCUT2D eigenvalue weighted by atomic mass is 9.88. The molecule has 5 nitrogen and oxygen atoms in total. The van der Waals surface area contributed by atoms with Gasteiger partial charge in [-0.15, -0.1) is 0 Å². The topological polar surface area (TPSA) is 77.8 Å². The highest BCUT2D eigenvalue weighted by Gasteiger charge is 2.16. The standard InChI is InChI=1S/C15H21ClN4O/c1-10(2)11(7-8-17)5-6-13-19-15(20-21-13)14-12(16)4-3-9-18-14/h3-4,9-11H,5-8,17H2,1-2H3. The maximum atomic E-state index is 6.08. The average Bonchev–Trinajstić information content (AvgIpc) is 2.92. The Labute approximate surface area is 129 Å². The first-order valence-electron chi connectivity index (χ1n) is 7.25. The molecule has 0 aliphatic rings. The second kappa shape index (κ2) is 7.52. The van der Waals surface area contributed by atoms with Gasteiger partial charge < -0.3 is 10.3 Å². The minimum absolute atomic E-state index is 0.440. The summed E-state index contributed by atoms with van der Waals surface area (Å²) in [7, 11) is 0.